The summed E-state index contributed by atoms with van der Waals surface area (Å²) < 4.78 is 6.65. The van der Waals surface area contributed by atoms with Gasteiger partial charge < -0.3 is 14.7 Å². The fraction of sp³-hybridized carbons (Fsp3) is 0.185. The topological polar surface area (TPSA) is 66.8 Å². The van der Waals surface area contributed by atoms with E-state index < -0.39 is 17.7 Å². The summed E-state index contributed by atoms with van der Waals surface area (Å²) in [5, 5.41) is 11.3. The van der Waals surface area contributed by atoms with E-state index in [1.54, 1.807) is 6.07 Å². The molecule has 3 aromatic carbocycles. The number of amides is 1. The number of nitrogens with zero attached hydrogens (tertiary/aromatic N) is 1. The number of aliphatic hydroxyl groups is 1. The van der Waals surface area contributed by atoms with Gasteiger partial charge >= 0.3 is 0 Å². The van der Waals surface area contributed by atoms with Crippen molar-refractivity contribution in [3.05, 3.63) is 105 Å². The summed E-state index contributed by atoms with van der Waals surface area (Å²) in [6.45, 7) is 2.25. The van der Waals surface area contributed by atoms with E-state index in [1.165, 1.54) is 4.90 Å². The molecule has 0 radical (unpaired) electrons. The lowest BCUT2D eigenvalue weighted by Crippen LogP contribution is -2.29. The van der Waals surface area contributed by atoms with Gasteiger partial charge in [0.2, 0.25) is 0 Å². The Morgan fingerprint density at radius 2 is 1.79 bits per heavy atom. The van der Waals surface area contributed by atoms with Crippen LogP contribution in [-0.4, -0.2) is 27.8 Å². The Balaban J connectivity index is 1.62. The van der Waals surface area contributed by atoms with E-state index in [0.717, 1.165) is 33.3 Å². The van der Waals surface area contributed by atoms with Gasteiger partial charge in [0.05, 0.1) is 11.6 Å². The molecule has 2 aliphatic rings. The van der Waals surface area contributed by atoms with Crippen LogP contribution in [0.1, 0.15) is 35.2 Å². The zero-order valence-corrected chi connectivity index (χ0v) is 19.6. The van der Waals surface area contributed by atoms with Crippen molar-refractivity contribution in [2.24, 2.45) is 0 Å². The minimum Gasteiger partial charge on any atom is -0.507 e. The van der Waals surface area contributed by atoms with E-state index in [-0.39, 0.29) is 24.0 Å². The molecule has 0 saturated carbocycles. The van der Waals surface area contributed by atoms with E-state index in [1.807, 2.05) is 73.7 Å². The summed E-state index contributed by atoms with van der Waals surface area (Å²) in [7, 11) is 0. The number of halogens is 1. The summed E-state index contributed by atoms with van der Waals surface area (Å²) in [6.07, 6.45) is 0.797. The highest BCUT2D eigenvalue weighted by molar-refractivity contribution is 9.10. The normalized spacial score (nSPS) is 21.2. The molecule has 5 rings (SSSR count). The predicted octanol–water partition coefficient (Wildman–Crippen LogP) is 5.39. The molecule has 0 bridgehead atoms. The number of carbonyl (C=O) groups is 2. The van der Waals surface area contributed by atoms with E-state index in [4.69, 9.17) is 4.74 Å². The lowest BCUT2D eigenvalue weighted by molar-refractivity contribution is -0.140. The maximum atomic E-state index is 13.2. The Kier molecular flexibility index (Phi) is 5.54. The third-order valence-corrected chi connectivity index (χ3v) is 6.62. The van der Waals surface area contributed by atoms with Gasteiger partial charge in [0, 0.05) is 23.0 Å². The van der Waals surface area contributed by atoms with Crippen LogP contribution in [0.15, 0.2) is 82.8 Å². The molecule has 5 nitrogen and oxygen atoms in total. The molecule has 2 atom stereocenters. The number of carbonyl (C=O) groups excluding carboxylic acids is 2. The van der Waals surface area contributed by atoms with Crippen LogP contribution in [0.5, 0.6) is 5.75 Å². The Morgan fingerprint density at radius 3 is 2.52 bits per heavy atom. The zero-order valence-electron chi connectivity index (χ0n) is 18.0. The molecule has 33 heavy (non-hydrogen) atoms. The minimum absolute atomic E-state index is 0.0663. The van der Waals surface area contributed by atoms with Crippen molar-refractivity contribution < 1.29 is 19.4 Å². The van der Waals surface area contributed by atoms with Gasteiger partial charge in [-0.25, -0.2) is 0 Å². The number of aliphatic hydroxyl groups excluding tert-OH is 1. The van der Waals surface area contributed by atoms with Gasteiger partial charge in [-0.2, -0.15) is 0 Å². The zero-order chi connectivity index (χ0) is 23.1. The molecule has 0 spiro atoms. The van der Waals surface area contributed by atoms with Gasteiger partial charge in [-0.3, -0.25) is 9.59 Å². The number of rotatable bonds is 4. The van der Waals surface area contributed by atoms with E-state index >= 15 is 0 Å². The SMILES string of the molecule is C[C@H]1Cc2cc(/C(O)=C3\C(=O)C(=O)N(Cc4ccccc4)[C@@H]3c3ccc(Br)cc3)ccc2O1. The van der Waals surface area contributed by atoms with Gasteiger partial charge in [0.15, 0.2) is 0 Å². The Labute approximate surface area is 200 Å². The highest BCUT2D eigenvalue weighted by Gasteiger charge is 2.46. The molecular weight excluding hydrogens is 482 g/mol. The van der Waals surface area contributed by atoms with Crippen LogP contribution < -0.4 is 4.74 Å². The van der Waals surface area contributed by atoms with Crippen molar-refractivity contribution in [3.8, 4) is 5.75 Å². The van der Waals surface area contributed by atoms with Gasteiger partial charge in [-0.05, 0) is 53.9 Å². The maximum absolute atomic E-state index is 13.2. The number of hydrogen-bond donors (Lipinski definition) is 1. The molecule has 166 valence electrons. The highest BCUT2D eigenvalue weighted by Crippen LogP contribution is 2.41. The standard InChI is InChI=1S/C27H22BrNO4/c1-16-13-20-14-19(9-12-22(20)33-16)25(30)23-24(18-7-10-21(28)11-8-18)29(27(32)26(23)31)15-17-5-3-2-4-6-17/h2-12,14,16,24,30H,13,15H2,1H3/b25-23+/t16-,24+/m0/s1. The molecule has 6 heteroatoms. The molecular formula is C27H22BrNO4. The largest absolute Gasteiger partial charge is 0.507 e. The fourth-order valence-electron chi connectivity index (χ4n) is 4.54. The van der Waals surface area contributed by atoms with E-state index in [2.05, 4.69) is 15.9 Å². The Bertz CT molecular complexity index is 1270. The van der Waals surface area contributed by atoms with Crippen LogP contribution in [0.4, 0.5) is 0 Å². The van der Waals surface area contributed by atoms with Crippen molar-refractivity contribution >= 4 is 33.4 Å². The first-order valence-corrected chi connectivity index (χ1v) is 11.6. The van der Waals surface area contributed by atoms with E-state index in [9.17, 15) is 14.7 Å². The first-order valence-electron chi connectivity index (χ1n) is 10.8. The average molecular weight is 504 g/mol. The van der Waals surface area contributed by atoms with Crippen molar-refractivity contribution in [1.82, 2.24) is 4.90 Å². The predicted molar refractivity (Wildman–Crippen MR) is 129 cm³/mol. The number of hydrogen-bond acceptors (Lipinski definition) is 4. The Hall–Kier alpha value is -3.38. The van der Waals surface area contributed by atoms with Crippen LogP contribution in [0.25, 0.3) is 5.76 Å². The van der Waals surface area contributed by atoms with Crippen LogP contribution >= 0.6 is 15.9 Å². The average Bonchev–Trinajstić information content (AvgIpc) is 3.31. The second-order valence-electron chi connectivity index (χ2n) is 8.42. The van der Waals surface area contributed by atoms with Crippen molar-refractivity contribution in [1.29, 1.82) is 0 Å². The fourth-order valence-corrected chi connectivity index (χ4v) is 4.80. The van der Waals surface area contributed by atoms with Crippen molar-refractivity contribution in [2.75, 3.05) is 0 Å². The smallest absolute Gasteiger partial charge is 0.295 e. The second kappa shape index (κ2) is 8.52. The number of likely N-dealkylation sites (tertiary alicyclic amines) is 1. The summed E-state index contributed by atoms with van der Waals surface area (Å²) in [6, 6.07) is 21.7. The number of ether oxygens (including phenoxy) is 1. The van der Waals surface area contributed by atoms with Crippen LogP contribution in [-0.2, 0) is 22.6 Å². The summed E-state index contributed by atoms with van der Waals surface area (Å²) in [5.74, 6) is -0.680. The van der Waals surface area contributed by atoms with Gasteiger partial charge in [-0.15, -0.1) is 0 Å². The lowest BCUT2D eigenvalue weighted by atomic mass is 9.94. The molecule has 2 aliphatic heterocycles. The number of fused-ring (bicyclic) bond motifs is 1. The van der Waals surface area contributed by atoms with Crippen molar-refractivity contribution in [2.45, 2.75) is 32.0 Å². The second-order valence-corrected chi connectivity index (χ2v) is 9.33. The first-order chi connectivity index (χ1) is 15.9. The molecule has 0 aliphatic carbocycles. The van der Waals surface area contributed by atoms with Gasteiger partial charge in [-0.1, -0.05) is 58.4 Å². The molecule has 0 unspecified atom stereocenters. The van der Waals surface area contributed by atoms with Gasteiger partial charge in [0.25, 0.3) is 11.7 Å². The first kappa shape index (κ1) is 21.5. The molecule has 1 N–H and O–H groups in total. The monoisotopic (exact) mass is 503 g/mol. The molecule has 1 amide bonds. The maximum Gasteiger partial charge on any atom is 0.295 e. The van der Waals surface area contributed by atoms with Crippen LogP contribution in [0.3, 0.4) is 0 Å². The highest BCUT2D eigenvalue weighted by atomic mass is 79.9. The molecule has 1 fully saturated rings. The quantitative estimate of drug-likeness (QED) is 0.294. The molecule has 1 saturated heterocycles. The third kappa shape index (κ3) is 3.95. The number of benzene rings is 3. The molecule has 0 aromatic heterocycles. The molecule has 2 heterocycles. The molecule has 3 aromatic rings. The lowest BCUT2D eigenvalue weighted by Gasteiger charge is -2.25. The number of ketones is 1. The Morgan fingerprint density at radius 1 is 1.06 bits per heavy atom. The van der Waals surface area contributed by atoms with Crippen molar-refractivity contribution in [3.63, 3.8) is 0 Å². The summed E-state index contributed by atoms with van der Waals surface area (Å²) in [4.78, 5) is 27.9. The van der Waals surface area contributed by atoms with E-state index in [0.29, 0.717) is 5.56 Å². The summed E-state index contributed by atoms with van der Waals surface area (Å²) >= 11 is 3.44. The number of Topliss-reactive ketones (excluding diaryl/α,β-unsaturated/α-hetero) is 1. The van der Waals surface area contributed by atoms with Gasteiger partial charge in [0.1, 0.15) is 17.6 Å². The minimum atomic E-state index is -0.693. The third-order valence-electron chi connectivity index (χ3n) is 6.09. The van der Waals surface area contributed by atoms with Crippen LogP contribution in [0.2, 0.25) is 0 Å². The summed E-state index contributed by atoms with van der Waals surface area (Å²) in [5.41, 5.74) is 3.25. The van der Waals surface area contributed by atoms with Crippen LogP contribution in [0, 0.1) is 0 Å².